The minimum absolute atomic E-state index is 0.00355. The zero-order valence-electron chi connectivity index (χ0n) is 10.4. The summed E-state index contributed by atoms with van der Waals surface area (Å²) in [6.45, 7) is 0.215. The number of hydrogen-bond donors (Lipinski definition) is 4. The summed E-state index contributed by atoms with van der Waals surface area (Å²) in [5.41, 5.74) is 6.51. The predicted octanol–water partition coefficient (Wildman–Crippen LogP) is -0.702. The fraction of sp³-hybridized carbons (Fsp3) is 0.500. The first kappa shape index (κ1) is 13.5. The fourth-order valence-electron chi connectivity index (χ4n) is 1.55. The van der Waals surface area contributed by atoms with E-state index in [1.807, 2.05) is 0 Å². The van der Waals surface area contributed by atoms with Crippen LogP contribution in [-0.4, -0.2) is 50.0 Å². The maximum Gasteiger partial charge on any atom is 0.244 e. The van der Waals surface area contributed by atoms with Gasteiger partial charge in [0.1, 0.15) is 6.33 Å². The van der Waals surface area contributed by atoms with Crippen molar-refractivity contribution < 1.29 is 14.9 Å². The van der Waals surface area contributed by atoms with E-state index in [0.29, 0.717) is 23.5 Å². The van der Waals surface area contributed by atoms with E-state index in [1.54, 1.807) is 7.05 Å². The summed E-state index contributed by atoms with van der Waals surface area (Å²) in [5.74, 6) is 0.546. The van der Waals surface area contributed by atoms with E-state index in [1.165, 1.54) is 10.9 Å². The molecule has 0 aromatic carbocycles. The number of nitrogens with two attached hydrogens (primary N) is 1. The van der Waals surface area contributed by atoms with Crippen molar-refractivity contribution in [3.63, 3.8) is 0 Å². The topological polar surface area (TPSA) is 131 Å². The molecule has 5 N–H and O–H groups in total. The van der Waals surface area contributed by atoms with Gasteiger partial charge in [0.25, 0.3) is 0 Å². The number of ether oxygens (including phenoxy) is 1. The Morgan fingerprint density at radius 3 is 3.00 bits per heavy atom. The van der Waals surface area contributed by atoms with E-state index in [4.69, 9.17) is 15.6 Å². The third kappa shape index (κ3) is 2.72. The molecule has 0 saturated carbocycles. The van der Waals surface area contributed by atoms with Gasteiger partial charge in [0.15, 0.2) is 17.0 Å². The van der Waals surface area contributed by atoms with Crippen molar-refractivity contribution in [3.05, 3.63) is 6.33 Å². The van der Waals surface area contributed by atoms with E-state index in [9.17, 15) is 5.11 Å². The van der Waals surface area contributed by atoms with Crippen molar-refractivity contribution >= 4 is 22.9 Å². The summed E-state index contributed by atoms with van der Waals surface area (Å²) in [6.07, 6.45) is 0.567. The zero-order valence-corrected chi connectivity index (χ0v) is 10.4. The average Bonchev–Trinajstić information content (AvgIpc) is 2.83. The normalized spacial score (nSPS) is 12.8. The summed E-state index contributed by atoms with van der Waals surface area (Å²) in [4.78, 5) is 12.2. The van der Waals surface area contributed by atoms with Gasteiger partial charge in [0.2, 0.25) is 12.4 Å². The Kier molecular flexibility index (Phi) is 4.10. The van der Waals surface area contributed by atoms with Gasteiger partial charge >= 0.3 is 0 Å². The van der Waals surface area contributed by atoms with Gasteiger partial charge in [-0.25, -0.2) is 4.98 Å². The van der Waals surface area contributed by atoms with Crippen molar-refractivity contribution in [1.29, 1.82) is 0 Å². The zero-order chi connectivity index (χ0) is 13.8. The van der Waals surface area contributed by atoms with Crippen LogP contribution in [0.2, 0.25) is 0 Å². The summed E-state index contributed by atoms with van der Waals surface area (Å²) in [7, 11) is 1.66. The molecule has 0 fully saturated rings. The maximum absolute atomic E-state index is 9.89. The van der Waals surface area contributed by atoms with Gasteiger partial charge in [-0.15, -0.1) is 0 Å². The number of fused-ring (bicyclic) bond motifs is 1. The van der Waals surface area contributed by atoms with Gasteiger partial charge in [-0.2, -0.15) is 9.97 Å². The molecule has 0 aliphatic rings. The quantitative estimate of drug-likeness (QED) is 0.399. The fourth-order valence-corrected chi connectivity index (χ4v) is 1.55. The number of nitrogen functional groups attached to an aromatic ring is 1. The Morgan fingerprint density at radius 2 is 2.32 bits per heavy atom. The lowest BCUT2D eigenvalue weighted by Crippen LogP contribution is -2.14. The van der Waals surface area contributed by atoms with E-state index < -0.39 is 6.41 Å². The summed E-state index contributed by atoms with van der Waals surface area (Å²) in [6, 6.07) is 0. The van der Waals surface area contributed by atoms with Gasteiger partial charge < -0.3 is 26.0 Å². The molecule has 0 radical (unpaired) electrons. The van der Waals surface area contributed by atoms with Gasteiger partial charge in [0.05, 0.1) is 6.61 Å². The Labute approximate surface area is 109 Å². The molecule has 0 bridgehead atoms. The first-order chi connectivity index (χ1) is 9.17. The van der Waals surface area contributed by atoms with Gasteiger partial charge in [-0.05, 0) is 6.42 Å². The molecule has 0 aliphatic carbocycles. The van der Waals surface area contributed by atoms with Crippen LogP contribution in [0.1, 0.15) is 12.8 Å². The van der Waals surface area contributed by atoms with Gasteiger partial charge in [0, 0.05) is 13.7 Å². The molecular formula is C10H16N6O3. The van der Waals surface area contributed by atoms with Crippen LogP contribution in [0, 0.1) is 0 Å². The number of nitrogens with zero attached hydrogens (tertiary/aromatic N) is 4. The van der Waals surface area contributed by atoms with E-state index >= 15 is 0 Å². The lowest BCUT2D eigenvalue weighted by Gasteiger charge is -2.13. The highest BCUT2D eigenvalue weighted by Crippen LogP contribution is 2.20. The van der Waals surface area contributed by atoms with Crippen LogP contribution in [0.5, 0.6) is 0 Å². The predicted molar refractivity (Wildman–Crippen MR) is 68.2 cm³/mol. The lowest BCUT2D eigenvalue weighted by molar-refractivity contribution is -0.152. The third-order valence-corrected chi connectivity index (χ3v) is 2.48. The van der Waals surface area contributed by atoms with Crippen LogP contribution in [0.3, 0.4) is 0 Å². The molecular weight excluding hydrogens is 252 g/mol. The van der Waals surface area contributed by atoms with Crippen LogP contribution in [-0.2, 0) is 4.74 Å². The number of anilines is 2. The van der Waals surface area contributed by atoms with Crippen molar-refractivity contribution in [2.75, 3.05) is 31.3 Å². The molecule has 0 amide bonds. The van der Waals surface area contributed by atoms with Crippen LogP contribution in [0.15, 0.2) is 6.33 Å². The summed E-state index contributed by atoms with van der Waals surface area (Å²) >= 11 is 0. The molecule has 0 spiro atoms. The molecule has 0 aliphatic heterocycles. The molecule has 0 saturated heterocycles. The Bertz CT molecular complexity index is 557. The SMILES string of the molecule is CNc1nc(N)c2ncn(C(O)OCCCO)c2n1. The van der Waals surface area contributed by atoms with Crippen LogP contribution in [0.25, 0.3) is 11.2 Å². The van der Waals surface area contributed by atoms with Gasteiger partial charge in [-0.1, -0.05) is 0 Å². The third-order valence-electron chi connectivity index (χ3n) is 2.48. The van der Waals surface area contributed by atoms with Crippen LogP contribution >= 0.6 is 0 Å². The molecule has 104 valence electrons. The molecule has 9 heteroatoms. The van der Waals surface area contributed by atoms with E-state index in [2.05, 4.69) is 20.3 Å². The van der Waals surface area contributed by atoms with Crippen molar-refractivity contribution in [1.82, 2.24) is 19.5 Å². The highest BCUT2D eigenvalue weighted by molar-refractivity contribution is 5.82. The molecule has 2 aromatic heterocycles. The number of rotatable bonds is 6. The van der Waals surface area contributed by atoms with Crippen molar-refractivity contribution in [3.8, 4) is 0 Å². The molecule has 2 aromatic rings. The molecule has 2 heterocycles. The highest BCUT2D eigenvalue weighted by atomic mass is 16.6. The van der Waals surface area contributed by atoms with Crippen molar-refractivity contribution in [2.24, 2.45) is 0 Å². The number of aromatic nitrogens is 4. The first-order valence-electron chi connectivity index (χ1n) is 5.75. The lowest BCUT2D eigenvalue weighted by atomic mass is 10.5. The van der Waals surface area contributed by atoms with E-state index in [0.717, 1.165) is 0 Å². The second kappa shape index (κ2) is 5.78. The molecule has 2 rings (SSSR count). The highest BCUT2D eigenvalue weighted by Gasteiger charge is 2.15. The monoisotopic (exact) mass is 268 g/mol. The second-order valence-corrected chi connectivity index (χ2v) is 3.78. The molecule has 1 atom stereocenters. The summed E-state index contributed by atoms with van der Waals surface area (Å²) < 4.78 is 6.48. The smallest absolute Gasteiger partial charge is 0.244 e. The number of nitrogens with one attached hydrogen (secondary N) is 1. The molecule has 9 nitrogen and oxygen atoms in total. The average molecular weight is 268 g/mol. The van der Waals surface area contributed by atoms with Crippen LogP contribution in [0.4, 0.5) is 11.8 Å². The minimum atomic E-state index is -1.24. The first-order valence-corrected chi connectivity index (χ1v) is 5.75. The maximum atomic E-state index is 9.89. The van der Waals surface area contributed by atoms with Crippen molar-refractivity contribution in [2.45, 2.75) is 12.8 Å². The Morgan fingerprint density at radius 1 is 1.53 bits per heavy atom. The largest absolute Gasteiger partial charge is 0.396 e. The number of aliphatic hydroxyl groups is 2. The standard InChI is InChI=1S/C10H16N6O3/c1-12-9-14-7(11)6-8(15-9)16(5-13-6)10(18)19-4-2-3-17/h5,10,17-18H,2-4H2,1H3,(H3,11,12,14,15). The molecule has 1 unspecified atom stereocenters. The minimum Gasteiger partial charge on any atom is -0.396 e. The molecule has 19 heavy (non-hydrogen) atoms. The van der Waals surface area contributed by atoms with Crippen LogP contribution < -0.4 is 11.1 Å². The van der Waals surface area contributed by atoms with E-state index in [-0.39, 0.29) is 19.0 Å². The Hall–Kier alpha value is -1.97. The number of hydrogen-bond acceptors (Lipinski definition) is 8. The summed E-state index contributed by atoms with van der Waals surface area (Å²) in [5, 5.41) is 21.3. The number of imidazole rings is 1. The Balaban J connectivity index is 2.30. The number of aliphatic hydroxyl groups excluding tert-OH is 2. The second-order valence-electron chi connectivity index (χ2n) is 3.78. The van der Waals surface area contributed by atoms with Gasteiger partial charge in [-0.3, -0.25) is 4.57 Å².